The van der Waals surface area contributed by atoms with Crippen molar-refractivity contribution in [3.05, 3.63) is 94.1 Å². The van der Waals surface area contributed by atoms with Gasteiger partial charge in [-0.25, -0.2) is 13.6 Å². The highest BCUT2D eigenvalue weighted by Gasteiger charge is 2.18. The minimum Gasteiger partial charge on any atom is -0.493 e. The summed E-state index contributed by atoms with van der Waals surface area (Å²) in [7, 11) is -3.86. The summed E-state index contributed by atoms with van der Waals surface area (Å²) >= 11 is 7.48. The third kappa shape index (κ3) is 5.49. The lowest BCUT2D eigenvalue weighted by Gasteiger charge is -2.08. The predicted molar refractivity (Wildman–Crippen MR) is 158 cm³/mol. The molecule has 1 heterocycles. The molecule has 5 rings (SSSR count). The fourth-order valence-corrected chi connectivity index (χ4v) is 5.28. The molecule has 11 heteroatoms. The molecule has 4 N–H and O–H groups in total. The summed E-state index contributed by atoms with van der Waals surface area (Å²) in [5, 5.41) is 30.5. The number of nitrogens with one attached hydrogen (secondary N) is 1. The van der Waals surface area contributed by atoms with E-state index < -0.39 is 10.0 Å². The zero-order chi connectivity index (χ0) is 26.2. The first-order valence-corrected chi connectivity index (χ1v) is 14.1. The molecule has 5 aromatic rings. The number of fused-ring (bicyclic) bond motifs is 2. The number of halogens is 1. The fraction of sp³-hybridized carbons (Fsp3) is 0.0385. The topological polar surface area (TPSA) is 122 Å². The van der Waals surface area contributed by atoms with E-state index in [1.807, 2.05) is 36.4 Å². The Bertz CT molecular complexity index is 1820. The van der Waals surface area contributed by atoms with Gasteiger partial charge in [0.2, 0.25) is 21.0 Å². The Morgan fingerprint density at radius 2 is 1.78 bits per heavy atom. The number of azo groups is 1. The van der Waals surface area contributed by atoms with E-state index in [9.17, 15) is 13.5 Å². The lowest BCUT2D eigenvalue weighted by atomic mass is 10.1. The van der Waals surface area contributed by atoms with Crippen LogP contribution in [0, 0.1) is 3.57 Å². The highest BCUT2D eigenvalue weighted by atomic mass is 127. The zero-order valence-corrected chi connectivity index (χ0v) is 23.0. The minimum absolute atomic E-state index is 0.00738. The SMILES string of the molecule is NS(=O)(=O)c1cccc(NC(=S)N=Nc2c(O)n(Cc3ccc4ccccc4c3)c3ccc(I)cc23)c1. The summed E-state index contributed by atoms with van der Waals surface area (Å²) in [6.07, 6.45) is 0. The third-order valence-electron chi connectivity index (χ3n) is 5.78. The first-order chi connectivity index (χ1) is 17.7. The van der Waals surface area contributed by atoms with Crippen molar-refractivity contribution in [2.75, 3.05) is 5.32 Å². The van der Waals surface area contributed by atoms with E-state index in [0.29, 0.717) is 12.2 Å². The van der Waals surface area contributed by atoms with Gasteiger partial charge in [-0.3, -0.25) is 0 Å². The summed E-state index contributed by atoms with van der Waals surface area (Å²) < 4.78 is 26.0. The van der Waals surface area contributed by atoms with E-state index in [1.54, 1.807) is 10.6 Å². The summed E-state index contributed by atoms with van der Waals surface area (Å²) in [6, 6.07) is 26.0. The molecule has 0 radical (unpaired) electrons. The number of benzene rings is 4. The van der Waals surface area contributed by atoms with Crippen LogP contribution in [-0.2, 0) is 16.6 Å². The maximum absolute atomic E-state index is 11.6. The largest absolute Gasteiger partial charge is 0.493 e. The molecule has 0 atom stereocenters. The molecule has 0 aliphatic rings. The molecule has 37 heavy (non-hydrogen) atoms. The standard InChI is InChI=1S/C26H20IN5O3S2/c27-19-10-11-23-22(13-19)24(30-31-26(36)29-20-6-3-7-21(14-20)37(28,34)35)25(33)32(23)15-16-8-9-17-4-1-2-5-18(17)12-16/h1-14,33H,15H2,(H,29,36)(H2,28,34,35). The molecule has 0 saturated carbocycles. The fourth-order valence-electron chi connectivity index (χ4n) is 4.07. The highest BCUT2D eigenvalue weighted by molar-refractivity contribution is 14.1. The van der Waals surface area contributed by atoms with Gasteiger partial charge in [0.15, 0.2) is 5.69 Å². The number of hydrogen-bond acceptors (Lipinski definition) is 5. The zero-order valence-electron chi connectivity index (χ0n) is 19.2. The summed E-state index contributed by atoms with van der Waals surface area (Å²) in [6.45, 7) is 0.437. The van der Waals surface area contributed by atoms with Gasteiger partial charge >= 0.3 is 0 Å². The van der Waals surface area contributed by atoms with Crippen LogP contribution in [0.25, 0.3) is 21.7 Å². The molecule has 0 fully saturated rings. The average Bonchev–Trinajstić information content (AvgIpc) is 3.12. The summed E-state index contributed by atoms with van der Waals surface area (Å²) in [4.78, 5) is -0.0544. The molecule has 0 saturated heterocycles. The molecular weight excluding hydrogens is 621 g/mol. The van der Waals surface area contributed by atoms with Crippen molar-refractivity contribution in [1.29, 1.82) is 0 Å². The smallest absolute Gasteiger partial charge is 0.238 e. The minimum atomic E-state index is -3.86. The van der Waals surface area contributed by atoms with E-state index in [0.717, 1.165) is 30.8 Å². The van der Waals surface area contributed by atoms with Crippen LogP contribution in [0.4, 0.5) is 11.4 Å². The first-order valence-electron chi connectivity index (χ1n) is 11.0. The number of thiocarbonyl (C=S) groups is 1. The van der Waals surface area contributed by atoms with Gasteiger partial charge in [0, 0.05) is 14.6 Å². The van der Waals surface area contributed by atoms with Crippen LogP contribution in [-0.4, -0.2) is 23.2 Å². The van der Waals surface area contributed by atoms with E-state index in [1.165, 1.54) is 18.2 Å². The number of aromatic hydroxyl groups is 1. The van der Waals surface area contributed by atoms with Crippen molar-refractivity contribution >= 4 is 83.0 Å². The van der Waals surface area contributed by atoms with Gasteiger partial charge in [0.25, 0.3) is 0 Å². The maximum Gasteiger partial charge on any atom is 0.238 e. The number of primary sulfonamides is 1. The monoisotopic (exact) mass is 641 g/mol. The van der Waals surface area contributed by atoms with Gasteiger partial charge in [-0.1, -0.05) is 42.5 Å². The summed E-state index contributed by atoms with van der Waals surface area (Å²) in [5.41, 5.74) is 2.52. The van der Waals surface area contributed by atoms with Gasteiger partial charge in [-0.2, -0.15) is 0 Å². The van der Waals surface area contributed by atoms with Crippen molar-refractivity contribution in [2.24, 2.45) is 15.4 Å². The molecule has 0 unspecified atom stereocenters. The Kier molecular flexibility index (Phi) is 6.94. The molecule has 4 aromatic carbocycles. The van der Waals surface area contributed by atoms with Gasteiger partial charge in [-0.05, 0) is 93.6 Å². The number of hydrogen-bond donors (Lipinski definition) is 3. The molecule has 0 aliphatic heterocycles. The van der Waals surface area contributed by atoms with Crippen LogP contribution in [0.3, 0.4) is 0 Å². The Morgan fingerprint density at radius 3 is 2.57 bits per heavy atom. The van der Waals surface area contributed by atoms with Gasteiger partial charge < -0.3 is 15.0 Å². The normalized spacial score (nSPS) is 11.9. The van der Waals surface area contributed by atoms with Crippen LogP contribution in [0.2, 0.25) is 0 Å². The third-order valence-corrected chi connectivity index (χ3v) is 7.55. The number of rotatable bonds is 5. The molecule has 0 spiro atoms. The van der Waals surface area contributed by atoms with Crippen LogP contribution in [0.15, 0.2) is 100 Å². The number of nitrogens with zero attached hydrogens (tertiary/aromatic N) is 3. The number of anilines is 1. The quantitative estimate of drug-likeness (QED) is 0.119. The molecule has 186 valence electrons. The maximum atomic E-state index is 11.6. The van der Waals surface area contributed by atoms with Gasteiger partial charge in [0.1, 0.15) is 0 Å². The van der Waals surface area contributed by atoms with Crippen molar-refractivity contribution in [3.8, 4) is 5.88 Å². The van der Waals surface area contributed by atoms with Crippen molar-refractivity contribution in [3.63, 3.8) is 0 Å². The first kappa shape index (κ1) is 25.3. The second-order valence-electron chi connectivity index (χ2n) is 8.30. The van der Waals surface area contributed by atoms with Crippen LogP contribution in [0.5, 0.6) is 5.88 Å². The predicted octanol–water partition coefficient (Wildman–Crippen LogP) is 6.28. The Hall–Kier alpha value is -3.39. The molecule has 1 aromatic heterocycles. The van der Waals surface area contributed by atoms with E-state index >= 15 is 0 Å². The Labute approximate surface area is 232 Å². The van der Waals surface area contributed by atoms with Gasteiger partial charge in [0.05, 0.1) is 17.0 Å². The Morgan fingerprint density at radius 1 is 1.00 bits per heavy atom. The van der Waals surface area contributed by atoms with E-state index in [2.05, 4.69) is 62.4 Å². The molecule has 0 bridgehead atoms. The molecule has 0 aliphatic carbocycles. The van der Waals surface area contributed by atoms with Crippen LogP contribution in [0.1, 0.15) is 5.56 Å². The van der Waals surface area contributed by atoms with Crippen molar-refractivity contribution < 1.29 is 13.5 Å². The number of sulfonamides is 1. The number of aromatic nitrogens is 1. The van der Waals surface area contributed by atoms with Crippen molar-refractivity contribution in [1.82, 2.24) is 4.57 Å². The highest BCUT2D eigenvalue weighted by Crippen LogP contribution is 2.40. The molecule has 0 amide bonds. The lowest BCUT2D eigenvalue weighted by Crippen LogP contribution is -2.13. The second kappa shape index (κ2) is 10.2. The average molecular weight is 642 g/mol. The van der Waals surface area contributed by atoms with Crippen LogP contribution < -0.4 is 10.5 Å². The van der Waals surface area contributed by atoms with Gasteiger partial charge in [-0.15, -0.1) is 10.2 Å². The second-order valence-corrected chi connectivity index (χ2v) is 11.5. The van der Waals surface area contributed by atoms with E-state index in [-0.39, 0.29) is 21.6 Å². The van der Waals surface area contributed by atoms with Crippen molar-refractivity contribution in [2.45, 2.75) is 11.4 Å². The van der Waals surface area contributed by atoms with Crippen LogP contribution >= 0.6 is 34.8 Å². The molecule has 8 nitrogen and oxygen atoms in total. The Balaban J connectivity index is 1.46. The van der Waals surface area contributed by atoms with E-state index in [4.69, 9.17) is 17.4 Å². The summed E-state index contributed by atoms with van der Waals surface area (Å²) in [5.74, 6) is -0.0343. The lowest BCUT2D eigenvalue weighted by molar-refractivity contribution is 0.429. The molecular formula is C26H20IN5O3S2. The number of nitrogens with two attached hydrogens (primary N) is 1.